The number of nitrogen functional groups attached to an aromatic ring is 1. The van der Waals surface area contributed by atoms with E-state index in [0.717, 1.165) is 17.5 Å². The van der Waals surface area contributed by atoms with Crippen molar-refractivity contribution in [3.63, 3.8) is 0 Å². The molecule has 1 fully saturated rings. The summed E-state index contributed by atoms with van der Waals surface area (Å²) in [5.41, 5.74) is 8.17. The highest BCUT2D eigenvalue weighted by molar-refractivity contribution is 5.92. The molecule has 3 heterocycles. The quantitative estimate of drug-likeness (QED) is 0.753. The molecule has 8 heteroatoms. The highest BCUT2D eigenvalue weighted by atomic mass is 16.1. The number of aromatic amines is 1. The van der Waals surface area contributed by atoms with Gasteiger partial charge in [-0.2, -0.15) is 10.4 Å². The van der Waals surface area contributed by atoms with Crippen molar-refractivity contribution in [1.29, 1.82) is 5.26 Å². The summed E-state index contributed by atoms with van der Waals surface area (Å²) in [4.78, 5) is 23.0. The summed E-state index contributed by atoms with van der Waals surface area (Å²) >= 11 is 0. The number of hydrogen-bond donors (Lipinski definition) is 2. The van der Waals surface area contributed by atoms with Crippen molar-refractivity contribution in [3.05, 3.63) is 24.8 Å². The first-order valence-corrected chi connectivity index (χ1v) is 8.20. The van der Waals surface area contributed by atoms with E-state index < -0.39 is 6.04 Å². The minimum absolute atomic E-state index is 0.237. The van der Waals surface area contributed by atoms with Crippen LogP contribution in [-0.4, -0.2) is 30.5 Å². The largest absolute Gasteiger partial charge is 0.382 e. The standard InChI is InChI=1S/C17H17N7O/c18-7-11(5-10-1-2-12(25)6-10)24-8-14(16(19)23-24)15-13-3-4-20-17(13)22-9-21-15/h3-4,8-11H,1-2,5-6H2,(H2,19,23)(H,20,21,22). The van der Waals surface area contributed by atoms with E-state index in [-0.39, 0.29) is 11.7 Å². The zero-order valence-electron chi connectivity index (χ0n) is 13.5. The van der Waals surface area contributed by atoms with E-state index in [1.54, 1.807) is 17.1 Å². The zero-order valence-corrected chi connectivity index (χ0v) is 13.5. The van der Waals surface area contributed by atoms with E-state index in [1.807, 2.05) is 6.07 Å². The molecule has 2 unspecified atom stereocenters. The van der Waals surface area contributed by atoms with Crippen molar-refractivity contribution in [2.24, 2.45) is 5.92 Å². The normalized spacial score (nSPS) is 18.5. The van der Waals surface area contributed by atoms with Crippen LogP contribution in [-0.2, 0) is 4.79 Å². The zero-order chi connectivity index (χ0) is 17.4. The minimum atomic E-state index is -0.449. The van der Waals surface area contributed by atoms with Gasteiger partial charge in [0, 0.05) is 30.6 Å². The van der Waals surface area contributed by atoms with E-state index in [2.05, 4.69) is 26.1 Å². The van der Waals surface area contributed by atoms with Crippen LogP contribution in [0.5, 0.6) is 0 Å². The molecular formula is C17H17N7O. The number of Topliss-reactive ketones (excluding diaryl/α,β-unsaturated/α-hetero) is 1. The molecule has 1 saturated carbocycles. The Morgan fingerprint density at radius 3 is 3.12 bits per heavy atom. The number of anilines is 1. The average Bonchev–Trinajstić information content (AvgIpc) is 3.32. The lowest BCUT2D eigenvalue weighted by Crippen LogP contribution is -2.12. The molecule has 1 aliphatic carbocycles. The molecule has 1 aliphatic rings. The van der Waals surface area contributed by atoms with E-state index in [1.165, 1.54) is 6.33 Å². The molecule has 126 valence electrons. The average molecular weight is 335 g/mol. The van der Waals surface area contributed by atoms with Crippen LogP contribution in [0, 0.1) is 17.2 Å². The lowest BCUT2D eigenvalue weighted by molar-refractivity contribution is -0.117. The first-order valence-electron chi connectivity index (χ1n) is 8.20. The summed E-state index contributed by atoms with van der Waals surface area (Å²) in [5, 5.41) is 14.7. The lowest BCUT2D eigenvalue weighted by Gasteiger charge is -2.13. The highest BCUT2D eigenvalue weighted by Crippen LogP contribution is 2.33. The van der Waals surface area contributed by atoms with Crippen LogP contribution in [0.25, 0.3) is 22.3 Å². The molecule has 0 radical (unpaired) electrons. The van der Waals surface area contributed by atoms with Gasteiger partial charge in [0.05, 0.1) is 17.3 Å². The predicted molar refractivity (Wildman–Crippen MR) is 91.1 cm³/mol. The molecule has 0 aliphatic heterocycles. The summed E-state index contributed by atoms with van der Waals surface area (Å²) in [7, 11) is 0. The number of fused-ring (bicyclic) bond motifs is 1. The van der Waals surface area contributed by atoms with Crippen LogP contribution in [0.1, 0.15) is 31.7 Å². The molecule has 0 amide bonds. The smallest absolute Gasteiger partial charge is 0.155 e. The number of nitrogens with two attached hydrogens (primary N) is 1. The summed E-state index contributed by atoms with van der Waals surface area (Å²) in [6.45, 7) is 0. The van der Waals surface area contributed by atoms with Crippen molar-refractivity contribution in [3.8, 4) is 17.3 Å². The molecule has 0 saturated heterocycles. The number of H-pyrrole nitrogens is 1. The maximum absolute atomic E-state index is 11.5. The number of aromatic nitrogens is 5. The van der Waals surface area contributed by atoms with Crippen LogP contribution < -0.4 is 5.73 Å². The summed E-state index contributed by atoms with van der Waals surface area (Å²) < 4.78 is 1.59. The first-order chi connectivity index (χ1) is 12.2. The van der Waals surface area contributed by atoms with Gasteiger partial charge in [0.2, 0.25) is 0 Å². The molecule has 25 heavy (non-hydrogen) atoms. The van der Waals surface area contributed by atoms with Gasteiger partial charge in [0.15, 0.2) is 5.82 Å². The Morgan fingerprint density at radius 1 is 1.48 bits per heavy atom. The number of nitrogens with zero attached hydrogens (tertiary/aromatic N) is 5. The highest BCUT2D eigenvalue weighted by Gasteiger charge is 2.27. The molecule has 3 aromatic heterocycles. The number of nitrogens with one attached hydrogen (secondary N) is 1. The topological polar surface area (TPSA) is 126 Å². The second-order valence-electron chi connectivity index (χ2n) is 6.40. The Morgan fingerprint density at radius 2 is 2.36 bits per heavy atom. The Bertz CT molecular complexity index is 980. The van der Waals surface area contributed by atoms with Gasteiger partial charge in [-0.1, -0.05) is 0 Å². The number of carbonyl (C=O) groups is 1. The number of nitriles is 1. The van der Waals surface area contributed by atoms with Gasteiger partial charge in [-0.15, -0.1) is 0 Å². The van der Waals surface area contributed by atoms with Crippen LogP contribution in [0.2, 0.25) is 0 Å². The number of ketones is 1. The Labute approximate surface area is 143 Å². The third-order valence-corrected chi connectivity index (χ3v) is 4.74. The van der Waals surface area contributed by atoms with Gasteiger partial charge in [-0.05, 0) is 24.8 Å². The van der Waals surface area contributed by atoms with Crippen molar-refractivity contribution in [1.82, 2.24) is 24.7 Å². The number of carbonyl (C=O) groups excluding carboxylic acids is 1. The van der Waals surface area contributed by atoms with Crippen molar-refractivity contribution >= 4 is 22.6 Å². The summed E-state index contributed by atoms with van der Waals surface area (Å²) in [6, 6.07) is 3.71. The van der Waals surface area contributed by atoms with E-state index in [9.17, 15) is 10.1 Å². The van der Waals surface area contributed by atoms with Crippen LogP contribution >= 0.6 is 0 Å². The number of rotatable bonds is 4. The first kappa shape index (κ1) is 15.3. The fourth-order valence-electron chi connectivity index (χ4n) is 3.46. The van der Waals surface area contributed by atoms with Crippen LogP contribution in [0.4, 0.5) is 5.82 Å². The van der Waals surface area contributed by atoms with Gasteiger partial charge >= 0.3 is 0 Å². The molecule has 8 nitrogen and oxygen atoms in total. The van der Waals surface area contributed by atoms with Gasteiger partial charge < -0.3 is 10.7 Å². The second-order valence-corrected chi connectivity index (χ2v) is 6.40. The third-order valence-electron chi connectivity index (χ3n) is 4.74. The third kappa shape index (κ3) is 2.74. The summed E-state index contributed by atoms with van der Waals surface area (Å²) in [6.07, 6.45) is 7.63. The Balaban J connectivity index is 1.66. The van der Waals surface area contributed by atoms with Gasteiger partial charge in [-0.25, -0.2) is 9.97 Å². The van der Waals surface area contributed by atoms with E-state index in [0.29, 0.717) is 36.3 Å². The number of hydrogen-bond acceptors (Lipinski definition) is 6. The Hall–Kier alpha value is -3.21. The van der Waals surface area contributed by atoms with Crippen molar-refractivity contribution in [2.45, 2.75) is 31.7 Å². The Kier molecular flexibility index (Phi) is 3.69. The van der Waals surface area contributed by atoms with E-state index >= 15 is 0 Å². The van der Waals surface area contributed by atoms with Gasteiger partial charge in [-0.3, -0.25) is 9.48 Å². The molecule has 2 atom stereocenters. The molecule has 3 aromatic rings. The molecule has 0 spiro atoms. The van der Waals surface area contributed by atoms with Crippen molar-refractivity contribution < 1.29 is 4.79 Å². The fourth-order valence-corrected chi connectivity index (χ4v) is 3.46. The van der Waals surface area contributed by atoms with Crippen LogP contribution in [0.3, 0.4) is 0 Å². The molecule has 4 rings (SSSR count). The molecule has 3 N–H and O–H groups in total. The van der Waals surface area contributed by atoms with Crippen molar-refractivity contribution in [2.75, 3.05) is 5.73 Å². The second kappa shape index (κ2) is 6.02. The lowest BCUT2D eigenvalue weighted by atomic mass is 9.99. The minimum Gasteiger partial charge on any atom is -0.382 e. The molecule has 0 aromatic carbocycles. The summed E-state index contributed by atoms with van der Waals surface area (Å²) in [5.74, 6) is 0.837. The fraction of sp³-hybridized carbons (Fsp3) is 0.353. The molecular weight excluding hydrogens is 318 g/mol. The predicted octanol–water partition coefficient (Wildman–Crippen LogP) is 2.23. The SMILES string of the molecule is N#CC(CC1CCC(=O)C1)n1cc(-c2ncnc3[nH]ccc23)c(N)n1. The molecule has 0 bridgehead atoms. The van der Waals surface area contributed by atoms with E-state index in [4.69, 9.17) is 5.73 Å². The van der Waals surface area contributed by atoms with Crippen LogP contribution in [0.15, 0.2) is 24.8 Å². The maximum atomic E-state index is 11.5. The van der Waals surface area contributed by atoms with Gasteiger partial charge in [0.25, 0.3) is 0 Å². The monoisotopic (exact) mass is 335 g/mol. The van der Waals surface area contributed by atoms with Gasteiger partial charge in [0.1, 0.15) is 23.8 Å². The maximum Gasteiger partial charge on any atom is 0.155 e.